The van der Waals surface area contributed by atoms with Gasteiger partial charge in [-0.2, -0.15) is 0 Å². The molecule has 0 fully saturated rings. The maximum absolute atomic E-state index is 5.94. The average molecular weight is 272 g/mol. The number of hydrogen-bond donors (Lipinski definition) is 1. The van der Waals surface area contributed by atoms with Crippen molar-refractivity contribution < 1.29 is 4.74 Å². The third-order valence-electron chi connectivity index (χ3n) is 3.64. The molecule has 1 N–H and O–H groups in total. The highest BCUT2D eigenvalue weighted by molar-refractivity contribution is 5.79. The summed E-state index contributed by atoms with van der Waals surface area (Å²) >= 11 is 0. The topological polar surface area (TPSA) is 34.1 Å². The van der Waals surface area contributed by atoms with Crippen LogP contribution in [0, 0.1) is 5.92 Å². The van der Waals surface area contributed by atoms with Crippen LogP contribution in [0.5, 0.6) is 0 Å². The molecule has 1 aromatic heterocycles. The van der Waals surface area contributed by atoms with Crippen LogP contribution in [0.15, 0.2) is 36.5 Å². The Balaban J connectivity index is 2.37. The fourth-order valence-electron chi connectivity index (χ4n) is 2.67. The molecular formula is C17H24N2O. The zero-order valence-electron chi connectivity index (χ0n) is 12.8. The van der Waals surface area contributed by atoms with Crippen LogP contribution in [0.4, 0.5) is 0 Å². The zero-order chi connectivity index (χ0) is 14.5. The Bertz CT molecular complexity index is 553. The van der Waals surface area contributed by atoms with Crippen LogP contribution in [-0.2, 0) is 4.74 Å². The van der Waals surface area contributed by atoms with Gasteiger partial charge in [-0.05, 0) is 43.7 Å². The standard InChI is InChI=1S/C17H24N2O/c1-5-20-17(12(2)3)16(18-4)14-8-9-15-13(11-14)7-6-10-19-15/h6-12,16-18H,5H2,1-4H3. The summed E-state index contributed by atoms with van der Waals surface area (Å²) in [6.07, 6.45) is 1.99. The lowest BCUT2D eigenvalue weighted by molar-refractivity contribution is 0.00463. The van der Waals surface area contributed by atoms with Crippen LogP contribution in [0.1, 0.15) is 32.4 Å². The first-order valence-electron chi connectivity index (χ1n) is 7.31. The van der Waals surface area contributed by atoms with E-state index in [-0.39, 0.29) is 12.1 Å². The minimum absolute atomic E-state index is 0.166. The Labute approximate surface area is 121 Å². The van der Waals surface area contributed by atoms with Gasteiger partial charge in [-0.1, -0.05) is 26.0 Å². The van der Waals surface area contributed by atoms with E-state index >= 15 is 0 Å². The van der Waals surface area contributed by atoms with Crippen molar-refractivity contribution in [2.75, 3.05) is 13.7 Å². The van der Waals surface area contributed by atoms with Gasteiger partial charge in [0.2, 0.25) is 0 Å². The Kier molecular flexibility index (Phi) is 5.10. The second kappa shape index (κ2) is 6.82. The molecule has 2 unspecified atom stereocenters. The summed E-state index contributed by atoms with van der Waals surface area (Å²) in [6.45, 7) is 7.18. The van der Waals surface area contributed by atoms with E-state index in [0.717, 1.165) is 12.1 Å². The smallest absolute Gasteiger partial charge is 0.0792 e. The molecule has 0 aliphatic rings. The lowest BCUT2D eigenvalue weighted by atomic mass is 9.92. The Morgan fingerprint density at radius 2 is 2.05 bits per heavy atom. The van der Waals surface area contributed by atoms with E-state index < -0.39 is 0 Å². The van der Waals surface area contributed by atoms with Crippen molar-refractivity contribution in [2.45, 2.75) is 32.9 Å². The number of rotatable bonds is 6. The first-order valence-corrected chi connectivity index (χ1v) is 7.31. The number of benzene rings is 1. The van der Waals surface area contributed by atoms with Gasteiger partial charge < -0.3 is 10.1 Å². The van der Waals surface area contributed by atoms with Gasteiger partial charge in [0, 0.05) is 18.2 Å². The summed E-state index contributed by atoms with van der Waals surface area (Å²) < 4.78 is 5.94. The van der Waals surface area contributed by atoms with Crippen LogP contribution in [-0.4, -0.2) is 24.7 Å². The maximum Gasteiger partial charge on any atom is 0.0792 e. The molecule has 3 heteroatoms. The van der Waals surface area contributed by atoms with Crippen LogP contribution in [0.2, 0.25) is 0 Å². The third kappa shape index (κ3) is 3.17. The summed E-state index contributed by atoms with van der Waals surface area (Å²) in [6, 6.07) is 10.7. The van der Waals surface area contributed by atoms with Crippen molar-refractivity contribution in [3.05, 3.63) is 42.1 Å². The van der Waals surface area contributed by atoms with Gasteiger partial charge in [0.25, 0.3) is 0 Å². The average Bonchev–Trinajstić information content (AvgIpc) is 2.47. The number of hydrogen-bond acceptors (Lipinski definition) is 3. The third-order valence-corrected chi connectivity index (χ3v) is 3.64. The van der Waals surface area contributed by atoms with Crippen molar-refractivity contribution >= 4 is 10.9 Å². The summed E-state index contributed by atoms with van der Waals surface area (Å²) in [7, 11) is 1.99. The van der Waals surface area contributed by atoms with Crippen molar-refractivity contribution in [1.82, 2.24) is 10.3 Å². The Hall–Kier alpha value is -1.45. The van der Waals surface area contributed by atoms with Crippen LogP contribution >= 0.6 is 0 Å². The second-order valence-electron chi connectivity index (χ2n) is 5.39. The van der Waals surface area contributed by atoms with Gasteiger partial charge in [-0.25, -0.2) is 0 Å². The first-order chi connectivity index (χ1) is 9.67. The van der Waals surface area contributed by atoms with Gasteiger partial charge in [0.05, 0.1) is 17.7 Å². The number of fused-ring (bicyclic) bond motifs is 1. The number of nitrogens with one attached hydrogen (secondary N) is 1. The van der Waals surface area contributed by atoms with Crippen LogP contribution in [0.3, 0.4) is 0 Å². The van der Waals surface area contributed by atoms with E-state index in [2.05, 4.69) is 48.4 Å². The predicted molar refractivity (Wildman–Crippen MR) is 83.8 cm³/mol. The molecule has 0 aliphatic heterocycles. The van der Waals surface area contributed by atoms with E-state index in [9.17, 15) is 0 Å². The number of ether oxygens (including phenoxy) is 1. The molecule has 0 saturated carbocycles. The number of nitrogens with zero attached hydrogens (tertiary/aromatic N) is 1. The highest BCUT2D eigenvalue weighted by Gasteiger charge is 2.25. The summed E-state index contributed by atoms with van der Waals surface area (Å²) in [4.78, 5) is 4.37. The maximum atomic E-state index is 5.94. The van der Waals surface area contributed by atoms with E-state index in [1.54, 1.807) is 0 Å². The van der Waals surface area contributed by atoms with Gasteiger partial charge in [-0.3, -0.25) is 4.98 Å². The molecule has 20 heavy (non-hydrogen) atoms. The summed E-state index contributed by atoms with van der Waals surface area (Å²) in [5.74, 6) is 0.456. The largest absolute Gasteiger partial charge is 0.376 e. The zero-order valence-corrected chi connectivity index (χ0v) is 12.8. The molecule has 1 heterocycles. The van der Waals surface area contributed by atoms with Crippen molar-refractivity contribution in [2.24, 2.45) is 5.92 Å². The highest BCUT2D eigenvalue weighted by Crippen LogP contribution is 2.26. The monoisotopic (exact) mass is 272 g/mol. The highest BCUT2D eigenvalue weighted by atomic mass is 16.5. The fourth-order valence-corrected chi connectivity index (χ4v) is 2.67. The first kappa shape index (κ1) is 14.9. The SMILES string of the molecule is CCOC(C(C)C)C(NC)c1ccc2ncccc2c1. The van der Waals surface area contributed by atoms with E-state index in [1.165, 1.54) is 10.9 Å². The molecule has 0 spiro atoms. The van der Waals surface area contributed by atoms with Gasteiger partial charge in [0.1, 0.15) is 0 Å². The van der Waals surface area contributed by atoms with E-state index in [4.69, 9.17) is 4.74 Å². The molecule has 0 saturated heterocycles. The molecule has 0 bridgehead atoms. The number of pyridine rings is 1. The second-order valence-corrected chi connectivity index (χ2v) is 5.39. The number of aromatic nitrogens is 1. The molecule has 3 nitrogen and oxygen atoms in total. The molecule has 0 amide bonds. The number of likely N-dealkylation sites (N-methyl/N-ethyl adjacent to an activating group) is 1. The van der Waals surface area contributed by atoms with E-state index in [1.807, 2.05) is 26.2 Å². The predicted octanol–water partition coefficient (Wildman–Crippen LogP) is 3.56. The minimum Gasteiger partial charge on any atom is -0.376 e. The molecule has 1 aromatic carbocycles. The Morgan fingerprint density at radius 3 is 2.70 bits per heavy atom. The van der Waals surface area contributed by atoms with Crippen LogP contribution in [0.25, 0.3) is 10.9 Å². The molecular weight excluding hydrogens is 248 g/mol. The summed E-state index contributed by atoms with van der Waals surface area (Å²) in [5, 5.41) is 4.57. The molecule has 2 rings (SSSR count). The van der Waals surface area contributed by atoms with E-state index in [0.29, 0.717) is 5.92 Å². The summed E-state index contributed by atoms with van der Waals surface area (Å²) in [5.41, 5.74) is 2.28. The fraction of sp³-hybridized carbons (Fsp3) is 0.471. The van der Waals surface area contributed by atoms with Gasteiger partial charge in [0.15, 0.2) is 0 Å². The lowest BCUT2D eigenvalue weighted by Crippen LogP contribution is -2.35. The van der Waals surface area contributed by atoms with Crippen molar-refractivity contribution in [1.29, 1.82) is 0 Å². The molecule has 108 valence electrons. The van der Waals surface area contributed by atoms with Crippen LogP contribution < -0.4 is 5.32 Å². The Morgan fingerprint density at radius 1 is 1.25 bits per heavy atom. The molecule has 2 aromatic rings. The quantitative estimate of drug-likeness (QED) is 0.873. The van der Waals surface area contributed by atoms with Crippen molar-refractivity contribution in [3.8, 4) is 0 Å². The molecule has 0 aliphatic carbocycles. The normalized spacial score (nSPS) is 14.7. The van der Waals surface area contributed by atoms with Gasteiger partial charge in [-0.15, -0.1) is 0 Å². The minimum atomic E-state index is 0.166. The molecule has 0 radical (unpaired) electrons. The lowest BCUT2D eigenvalue weighted by Gasteiger charge is -2.30. The van der Waals surface area contributed by atoms with Crippen molar-refractivity contribution in [3.63, 3.8) is 0 Å². The van der Waals surface area contributed by atoms with Gasteiger partial charge >= 0.3 is 0 Å². The molecule has 2 atom stereocenters.